The van der Waals surface area contributed by atoms with E-state index in [-0.39, 0.29) is 11.5 Å². The highest BCUT2D eigenvalue weighted by molar-refractivity contribution is 5.98. The number of carbonyl (C=O) groups is 1. The Labute approximate surface area is 161 Å². The SMILES string of the molecule is C=CCNC(=O)c1cc2c(=O)n3cccc(C)c3nc2n1Cc1ccccc1. The molecule has 1 N–H and O–H groups in total. The molecular weight excluding hydrogens is 352 g/mol. The highest BCUT2D eigenvalue weighted by atomic mass is 16.2. The molecule has 6 heteroatoms. The fourth-order valence-electron chi connectivity index (χ4n) is 3.33. The van der Waals surface area contributed by atoms with Crippen molar-refractivity contribution in [3.8, 4) is 0 Å². The number of hydrogen-bond acceptors (Lipinski definition) is 3. The maximum Gasteiger partial charge on any atom is 0.268 e. The van der Waals surface area contributed by atoms with Gasteiger partial charge in [0.15, 0.2) is 0 Å². The van der Waals surface area contributed by atoms with E-state index in [0.29, 0.717) is 35.5 Å². The van der Waals surface area contributed by atoms with Crippen LogP contribution in [0, 0.1) is 6.92 Å². The van der Waals surface area contributed by atoms with Gasteiger partial charge in [-0.1, -0.05) is 42.5 Å². The minimum Gasteiger partial charge on any atom is -0.347 e. The van der Waals surface area contributed by atoms with Crippen LogP contribution in [0.15, 0.2) is 72.2 Å². The fourth-order valence-corrected chi connectivity index (χ4v) is 3.33. The van der Waals surface area contributed by atoms with Crippen LogP contribution in [0.25, 0.3) is 16.7 Å². The lowest BCUT2D eigenvalue weighted by Gasteiger charge is -2.11. The molecule has 0 saturated heterocycles. The van der Waals surface area contributed by atoms with Gasteiger partial charge in [-0.25, -0.2) is 4.98 Å². The molecule has 0 aliphatic rings. The number of rotatable bonds is 5. The third kappa shape index (κ3) is 2.99. The number of aromatic nitrogens is 3. The lowest BCUT2D eigenvalue weighted by molar-refractivity contribution is 0.0949. The lowest BCUT2D eigenvalue weighted by atomic mass is 10.2. The first-order valence-electron chi connectivity index (χ1n) is 9.04. The highest BCUT2D eigenvalue weighted by Crippen LogP contribution is 2.19. The molecule has 6 nitrogen and oxygen atoms in total. The van der Waals surface area contributed by atoms with Crippen LogP contribution < -0.4 is 10.9 Å². The van der Waals surface area contributed by atoms with Crippen LogP contribution in [0.2, 0.25) is 0 Å². The number of carbonyl (C=O) groups excluding carboxylic acids is 1. The van der Waals surface area contributed by atoms with E-state index in [1.54, 1.807) is 22.9 Å². The molecule has 4 rings (SSSR count). The Morgan fingerprint density at radius 3 is 2.71 bits per heavy atom. The minimum atomic E-state index is -0.265. The van der Waals surface area contributed by atoms with Gasteiger partial charge in [0.1, 0.15) is 17.0 Å². The summed E-state index contributed by atoms with van der Waals surface area (Å²) in [6.45, 7) is 6.33. The second kappa shape index (κ2) is 7.15. The highest BCUT2D eigenvalue weighted by Gasteiger charge is 2.20. The van der Waals surface area contributed by atoms with Crippen molar-refractivity contribution in [2.45, 2.75) is 13.5 Å². The van der Waals surface area contributed by atoms with Gasteiger partial charge in [0, 0.05) is 19.3 Å². The van der Waals surface area contributed by atoms with Gasteiger partial charge in [-0.15, -0.1) is 6.58 Å². The third-order valence-corrected chi connectivity index (χ3v) is 4.71. The number of fused-ring (bicyclic) bond motifs is 2. The van der Waals surface area contributed by atoms with Gasteiger partial charge in [-0.2, -0.15) is 0 Å². The van der Waals surface area contributed by atoms with E-state index >= 15 is 0 Å². The molecule has 0 aliphatic heterocycles. The standard InChI is InChI=1S/C22H20N4O2/c1-3-11-23-21(27)18-13-17-20(26(18)14-16-9-5-4-6-10-16)24-19-15(2)8-7-12-25(19)22(17)28/h3-10,12-13H,1,11,14H2,2H3,(H,23,27). The van der Waals surface area contributed by atoms with Gasteiger partial charge >= 0.3 is 0 Å². The van der Waals surface area contributed by atoms with Crippen LogP contribution >= 0.6 is 0 Å². The quantitative estimate of drug-likeness (QED) is 0.548. The first-order valence-corrected chi connectivity index (χ1v) is 9.04. The van der Waals surface area contributed by atoms with Crippen molar-refractivity contribution in [2.75, 3.05) is 6.54 Å². The van der Waals surface area contributed by atoms with E-state index in [1.165, 1.54) is 4.40 Å². The maximum atomic E-state index is 13.1. The Hall–Kier alpha value is -3.67. The summed E-state index contributed by atoms with van der Waals surface area (Å²) in [6, 6.07) is 15.1. The number of benzene rings is 1. The lowest BCUT2D eigenvalue weighted by Crippen LogP contribution is -2.26. The van der Waals surface area contributed by atoms with Crippen molar-refractivity contribution in [1.82, 2.24) is 19.3 Å². The molecule has 0 fully saturated rings. The zero-order chi connectivity index (χ0) is 19.7. The molecule has 1 aromatic carbocycles. The Kier molecular flexibility index (Phi) is 4.53. The van der Waals surface area contributed by atoms with Crippen LogP contribution in [0.4, 0.5) is 0 Å². The summed E-state index contributed by atoms with van der Waals surface area (Å²) < 4.78 is 3.33. The average molecular weight is 372 g/mol. The first-order chi connectivity index (χ1) is 13.6. The van der Waals surface area contributed by atoms with E-state index in [4.69, 9.17) is 4.98 Å². The first kappa shape index (κ1) is 17.7. The van der Waals surface area contributed by atoms with E-state index in [1.807, 2.05) is 49.4 Å². The molecule has 0 radical (unpaired) electrons. The van der Waals surface area contributed by atoms with Crippen LogP contribution in [0.5, 0.6) is 0 Å². The second-order valence-corrected chi connectivity index (χ2v) is 6.64. The summed E-state index contributed by atoms with van der Waals surface area (Å²) in [5.74, 6) is -0.265. The van der Waals surface area contributed by atoms with E-state index in [2.05, 4.69) is 11.9 Å². The normalized spacial score (nSPS) is 11.0. The van der Waals surface area contributed by atoms with Gasteiger partial charge in [0.2, 0.25) is 0 Å². The predicted octanol–water partition coefficient (Wildman–Crippen LogP) is 2.92. The van der Waals surface area contributed by atoms with Crippen LogP contribution in [0.1, 0.15) is 21.6 Å². The van der Waals surface area contributed by atoms with Crippen molar-refractivity contribution in [3.63, 3.8) is 0 Å². The van der Waals surface area contributed by atoms with Crippen molar-refractivity contribution in [1.29, 1.82) is 0 Å². The summed E-state index contributed by atoms with van der Waals surface area (Å²) in [5.41, 5.74) is 3.22. The predicted molar refractivity (Wildman–Crippen MR) is 110 cm³/mol. The number of nitrogens with one attached hydrogen (secondary N) is 1. The van der Waals surface area contributed by atoms with Gasteiger partial charge in [-0.05, 0) is 30.2 Å². The number of aryl methyl sites for hydroxylation is 1. The maximum absolute atomic E-state index is 13.1. The number of hydrogen-bond donors (Lipinski definition) is 1. The van der Waals surface area contributed by atoms with Crippen molar-refractivity contribution >= 4 is 22.6 Å². The molecule has 3 aromatic heterocycles. The molecule has 1 amide bonds. The number of pyridine rings is 1. The van der Waals surface area contributed by atoms with E-state index in [0.717, 1.165) is 11.1 Å². The molecular formula is C22H20N4O2. The number of amides is 1. The number of nitrogens with zero attached hydrogens (tertiary/aromatic N) is 3. The van der Waals surface area contributed by atoms with Crippen LogP contribution in [-0.2, 0) is 6.54 Å². The van der Waals surface area contributed by atoms with Gasteiger partial charge in [0.05, 0.1) is 5.39 Å². The Morgan fingerprint density at radius 1 is 1.18 bits per heavy atom. The summed E-state index contributed by atoms with van der Waals surface area (Å²) in [7, 11) is 0. The molecule has 0 spiro atoms. The minimum absolute atomic E-state index is 0.187. The second-order valence-electron chi connectivity index (χ2n) is 6.64. The van der Waals surface area contributed by atoms with Crippen molar-refractivity contribution in [3.05, 3.63) is 94.6 Å². The zero-order valence-corrected chi connectivity index (χ0v) is 15.6. The molecule has 0 aliphatic carbocycles. The smallest absolute Gasteiger partial charge is 0.268 e. The van der Waals surface area contributed by atoms with Gasteiger partial charge in [0.25, 0.3) is 11.5 Å². The molecule has 0 bridgehead atoms. The van der Waals surface area contributed by atoms with E-state index in [9.17, 15) is 9.59 Å². The topological polar surface area (TPSA) is 68.4 Å². The summed E-state index contributed by atoms with van der Waals surface area (Å²) in [6.07, 6.45) is 3.32. The Balaban J connectivity index is 1.99. The third-order valence-electron chi connectivity index (χ3n) is 4.71. The summed E-state index contributed by atoms with van der Waals surface area (Å²) in [4.78, 5) is 30.5. The molecule has 4 aromatic rings. The molecule has 28 heavy (non-hydrogen) atoms. The van der Waals surface area contributed by atoms with Crippen LogP contribution in [0.3, 0.4) is 0 Å². The molecule has 140 valence electrons. The van der Waals surface area contributed by atoms with Crippen molar-refractivity contribution in [2.24, 2.45) is 0 Å². The monoisotopic (exact) mass is 372 g/mol. The molecule has 3 heterocycles. The largest absolute Gasteiger partial charge is 0.347 e. The zero-order valence-electron chi connectivity index (χ0n) is 15.6. The Bertz CT molecular complexity index is 1250. The fraction of sp³-hybridized carbons (Fsp3) is 0.136. The van der Waals surface area contributed by atoms with Crippen LogP contribution in [-0.4, -0.2) is 26.4 Å². The Morgan fingerprint density at radius 2 is 1.96 bits per heavy atom. The molecule has 0 saturated carbocycles. The average Bonchev–Trinajstić information content (AvgIpc) is 3.07. The summed E-state index contributed by atoms with van der Waals surface area (Å²) in [5, 5.41) is 3.21. The van der Waals surface area contributed by atoms with E-state index < -0.39 is 0 Å². The molecule has 0 unspecified atom stereocenters. The summed E-state index contributed by atoms with van der Waals surface area (Å²) >= 11 is 0. The van der Waals surface area contributed by atoms with Gasteiger partial charge < -0.3 is 9.88 Å². The van der Waals surface area contributed by atoms with Gasteiger partial charge in [-0.3, -0.25) is 14.0 Å². The van der Waals surface area contributed by atoms with Crippen molar-refractivity contribution < 1.29 is 4.79 Å². The molecule has 0 atom stereocenters.